The molecule has 1 amide bonds. The second-order valence-electron chi connectivity index (χ2n) is 8.19. The van der Waals surface area contributed by atoms with Crippen LogP contribution in [-0.4, -0.2) is 55.9 Å². The summed E-state index contributed by atoms with van der Waals surface area (Å²) in [6.07, 6.45) is 10.7. The third-order valence-electron chi connectivity index (χ3n) is 4.99. The Morgan fingerprint density at radius 1 is 0.897 bits per heavy atom. The molecule has 0 aromatic carbocycles. The number of nitrogens with one attached hydrogen (secondary N) is 1. The molecule has 0 spiro atoms. The Morgan fingerprint density at radius 3 is 2.10 bits per heavy atom. The lowest BCUT2D eigenvalue weighted by atomic mass is 10.0. The number of hydrogen-bond acceptors (Lipinski definition) is 5. The van der Waals surface area contributed by atoms with E-state index in [9.17, 15) is 9.59 Å². The molecule has 172 valence electrons. The second kappa shape index (κ2) is 18.7. The predicted octanol–water partition coefficient (Wildman–Crippen LogP) is 5.30. The summed E-state index contributed by atoms with van der Waals surface area (Å²) in [5.41, 5.74) is 0. The molecule has 0 aromatic heterocycles. The zero-order valence-electron chi connectivity index (χ0n) is 19.6. The Morgan fingerprint density at radius 2 is 1.52 bits per heavy atom. The van der Waals surface area contributed by atoms with Gasteiger partial charge in [-0.05, 0) is 46.7 Å². The number of amides is 1. The SMILES string of the molecule is CCCCCCCCCCC(CCC(=O)OC(C)C)OC(=O)NCCN(C)CC. The molecule has 6 nitrogen and oxygen atoms in total. The lowest BCUT2D eigenvalue weighted by Crippen LogP contribution is -2.35. The first kappa shape index (κ1) is 27.7. The van der Waals surface area contributed by atoms with Crippen LogP contribution >= 0.6 is 0 Å². The Hall–Kier alpha value is -1.30. The summed E-state index contributed by atoms with van der Waals surface area (Å²) in [6, 6.07) is 0. The Kier molecular flexibility index (Phi) is 17.9. The molecule has 0 radical (unpaired) electrons. The number of carbonyl (C=O) groups excluding carboxylic acids is 2. The van der Waals surface area contributed by atoms with Gasteiger partial charge in [-0.2, -0.15) is 0 Å². The molecular formula is C23H46N2O4. The minimum atomic E-state index is -0.392. The maximum Gasteiger partial charge on any atom is 0.407 e. The lowest BCUT2D eigenvalue weighted by molar-refractivity contribution is -0.148. The monoisotopic (exact) mass is 414 g/mol. The summed E-state index contributed by atoms with van der Waals surface area (Å²) in [5, 5.41) is 2.81. The van der Waals surface area contributed by atoms with Crippen LogP contribution in [0.2, 0.25) is 0 Å². The van der Waals surface area contributed by atoms with Gasteiger partial charge in [-0.15, -0.1) is 0 Å². The number of ether oxygens (including phenoxy) is 2. The number of alkyl carbamates (subject to hydrolysis) is 1. The van der Waals surface area contributed by atoms with Gasteiger partial charge in [0, 0.05) is 19.5 Å². The van der Waals surface area contributed by atoms with Crippen LogP contribution in [0.1, 0.15) is 98.3 Å². The molecule has 0 saturated heterocycles. The molecule has 0 saturated carbocycles. The van der Waals surface area contributed by atoms with Crippen LogP contribution in [0.3, 0.4) is 0 Å². The van der Waals surface area contributed by atoms with E-state index in [2.05, 4.69) is 24.1 Å². The molecule has 1 unspecified atom stereocenters. The van der Waals surface area contributed by atoms with Crippen LogP contribution in [-0.2, 0) is 14.3 Å². The molecule has 0 aliphatic heterocycles. The van der Waals surface area contributed by atoms with Crippen molar-refractivity contribution >= 4 is 12.1 Å². The average molecular weight is 415 g/mol. The van der Waals surface area contributed by atoms with Gasteiger partial charge in [0.25, 0.3) is 0 Å². The molecule has 0 rings (SSSR count). The van der Waals surface area contributed by atoms with Gasteiger partial charge >= 0.3 is 12.1 Å². The highest BCUT2D eigenvalue weighted by molar-refractivity contribution is 5.70. The fourth-order valence-corrected chi connectivity index (χ4v) is 3.07. The maximum absolute atomic E-state index is 12.1. The standard InChI is InChI=1S/C23H46N2O4/c1-6-8-9-10-11-12-13-14-15-21(16-17-22(26)28-20(3)4)29-23(27)24-18-19-25(5)7-2/h20-21H,6-19H2,1-5H3,(H,24,27). The summed E-state index contributed by atoms with van der Waals surface area (Å²) >= 11 is 0. The van der Waals surface area contributed by atoms with E-state index in [0.29, 0.717) is 13.0 Å². The quantitative estimate of drug-likeness (QED) is 0.244. The van der Waals surface area contributed by atoms with Crippen LogP contribution < -0.4 is 5.32 Å². The molecule has 0 aromatic rings. The third-order valence-corrected chi connectivity index (χ3v) is 4.99. The molecule has 0 heterocycles. The Bertz CT molecular complexity index is 416. The highest BCUT2D eigenvalue weighted by Crippen LogP contribution is 2.15. The summed E-state index contributed by atoms with van der Waals surface area (Å²) in [6.45, 7) is 10.3. The van der Waals surface area contributed by atoms with Gasteiger partial charge in [0.05, 0.1) is 6.10 Å². The van der Waals surface area contributed by atoms with Crippen LogP contribution in [0.25, 0.3) is 0 Å². The normalized spacial score (nSPS) is 12.2. The third kappa shape index (κ3) is 18.5. The topological polar surface area (TPSA) is 67.9 Å². The largest absolute Gasteiger partial charge is 0.463 e. The first-order chi connectivity index (χ1) is 13.9. The molecular weight excluding hydrogens is 368 g/mol. The number of unbranched alkanes of at least 4 members (excludes halogenated alkanes) is 7. The Labute approximate surface area is 179 Å². The molecule has 1 N–H and O–H groups in total. The molecule has 6 heteroatoms. The van der Waals surface area contributed by atoms with Crippen molar-refractivity contribution in [3.8, 4) is 0 Å². The zero-order valence-corrected chi connectivity index (χ0v) is 19.6. The van der Waals surface area contributed by atoms with E-state index >= 15 is 0 Å². The van der Waals surface area contributed by atoms with Gasteiger partial charge in [-0.3, -0.25) is 4.79 Å². The van der Waals surface area contributed by atoms with E-state index in [0.717, 1.165) is 32.4 Å². The van der Waals surface area contributed by atoms with Gasteiger partial charge in [0.2, 0.25) is 0 Å². The van der Waals surface area contributed by atoms with Crippen LogP contribution in [0.15, 0.2) is 0 Å². The predicted molar refractivity (Wildman–Crippen MR) is 119 cm³/mol. The number of carbonyl (C=O) groups is 2. The van der Waals surface area contributed by atoms with E-state index in [1.807, 2.05) is 20.9 Å². The molecule has 0 aliphatic carbocycles. The van der Waals surface area contributed by atoms with Crippen molar-refractivity contribution in [2.75, 3.05) is 26.7 Å². The maximum atomic E-state index is 12.1. The van der Waals surface area contributed by atoms with Gasteiger partial charge in [-0.25, -0.2) is 4.79 Å². The minimum absolute atomic E-state index is 0.117. The van der Waals surface area contributed by atoms with Gasteiger partial charge in [0.1, 0.15) is 6.10 Å². The summed E-state index contributed by atoms with van der Waals surface area (Å²) in [5.74, 6) is -0.227. The lowest BCUT2D eigenvalue weighted by Gasteiger charge is -2.19. The fourth-order valence-electron chi connectivity index (χ4n) is 3.07. The minimum Gasteiger partial charge on any atom is -0.463 e. The summed E-state index contributed by atoms with van der Waals surface area (Å²) < 4.78 is 10.8. The van der Waals surface area contributed by atoms with Crippen molar-refractivity contribution in [1.29, 1.82) is 0 Å². The van der Waals surface area contributed by atoms with Crippen molar-refractivity contribution in [2.45, 2.75) is 111 Å². The van der Waals surface area contributed by atoms with Gasteiger partial charge in [-0.1, -0.05) is 58.8 Å². The average Bonchev–Trinajstić information content (AvgIpc) is 2.67. The molecule has 1 atom stereocenters. The van der Waals surface area contributed by atoms with Gasteiger partial charge in [0.15, 0.2) is 0 Å². The van der Waals surface area contributed by atoms with E-state index < -0.39 is 6.09 Å². The van der Waals surface area contributed by atoms with Crippen molar-refractivity contribution in [1.82, 2.24) is 10.2 Å². The van der Waals surface area contributed by atoms with E-state index in [4.69, 9.17) is 9.47 Å². The first-order valence-corrected chi connectivity index (χ1v) is 11.7. The first-order valence-electron chi connectivity index (χ1n) is 11.7. The number of nitrogens with zero attached hydrogens (tertiary/aromatic N) is 1. The van der Waals surface area contributed by atoms with Crippen LogP contribution in [0, 0.1) is 0 Å². The van der Waals surface area contributed by atoms with Crippen molar-refractivity contribution in [3.63, 3.8) is 0 Å². The van der Waals surface area contributed by atoms with Gasteiger partial charge < -0.3 is 19.7 Å². The van der Waals surface area contributed by atoms with Crippen molar-refractivity contribution in [2.24, 2.45) is 0 Å². The Balaban J connectivity index is 4.23. The van der Waals surface area contributed by atoms with Crippen molar-refractivity contribution < 1.29 is 19.1 Å². The van der Waals surface area contributed by atoms with Crippen molar-refractivity contribution in [3.05, 3.63) is 0 Å². The van der Waals surface area contributed by atoms with E-state index in [-0.39, 0.29) is 24.6 Å². The zero-order chi connectivity index (χ0) is 21.9. The summed E-state index contributed by atoms with van der Waals surface area (Å²) in [7, 11) is 2.01. The number of rotatable bonds is 18. The highest BCUT2D eigenvalue weighted by atomic mass is 16.6. The fraction of sp³-hybridized carbons (Fsp3) is 0.913. The smallest absolute Gasteiger partial charge is 0.407 e. The second-order valence-corrected chi connectivity index (χ2v) is 8.19. The molecule has 0 fully saturated rings. The molecule has 29 heavy (non-hydrogen) atoms. The van der Waals surface area contributed by atoms with E-state index in [1.165, 1.54) is 38.5 Å². The van der Waals surface area contributed by atoms with Crippen LogP contribution in [0.4, 0.5) is 4.79 Å². The molecule has 0 bridgehead atoms. The number of likely N-dealkylation sites (N-methyl/N-ethyl adjacent to an activating group) is 1. The van der Waals surface area contributed by atoms with Crippen LogP contribution in [0.5, 0.6) is 0 Å². The number of esters is 1. The number of hydrogen-bond donors (Lipinski definition) is 1. The highest BCUT2D eigenvalue weighted by Gasteiger charge is 2.17. The van der Waals surface area contributed by atoms with E-state index in [1.54, 1.807) is 0 Å². The summed E-state index contributed by atoms with van der Waals surface area (Å²) in [4.78, 5) is 26.1. The molecule has 0 aliphatic rings.